The number of nitrogens with two attached hydrogens (primary N) is 1. The Morgan fingerprint density at radius 2 is 1.87 bits per heavy atom. The lowest BCUT2D eigenvalue weighted by Crippen LogP contribution is -2.30. The number of hydrogen-bond donors (Lipinski definition) is 2. The maximum Gasteiger partial charge on any atom is 0.265 e. The quantitative estimate of drug-likeness (QED) is 0.797. The molecule has 0 heterocycles. The van der Waals surface area contributed by atoms with Gasteiger partial charge in [0.05, 0.1) is 0 Å². The van der Waals surface area contributed by atoms with E-state index >= 15 is 0 Å². The van der Waals surface area contributed by atoms with Gasteiger partial charge in [-0.15, -0.1) is 0 Å². The Kier molecular flexibility index (Phi) is 5.09. The molecule has 0 bridgehead atoms. The maximum atomic E-state index is 12.1. The van der Waals surface area contributed by atoms with Crippen LogP contribution in [0.2, 0.25) is 0 Å². The Morgan fingerprint density at radius 1 is 1.17 bits per heavy atom. The molecule has 0 saturated heterocycles. The molecule has 2 aromatic rings. The van der Waals surface area contributed by atoms with E-state index in [1.165, 1.54) is 12.1 Å². The van der Waals surface area contributed by atoms with Crippen molar-refractivity contribution >= 4 is 23.8 Å². The Bertz CT molecular complexity index is 726. The Labute approximate surface area is 133 Å². The number of ether oxygens (including phenoxy) is 1. The van der Waals surface area contributed by atoms with E-state index < -0.39 is 12.0 Å². The van der Waals surface area contributed by atoms with Crippen LogP contribution in [0.5, 0.6) is 5.75 Å². The molecular weight excluding hydrogens is 296 g/mol. The van der Waals surface area contributed by atoms with Gasteiger partial charge in [0.2, 0.25) is 5.91 Å². The van der Waals surface area contributed by atoms with Crippen LogP contribution < -0.4 is 15.8 Å². The fourth-order valence-corrected chi connectivity index (χ4v) is 1.88. The highest BCUT2D eigenvalue weighted by Gasteiger charge is 2.15. The van der Waals surface area contributed by atoms with Crippen molar-refractivity contribution in [2.75, 3.05) is 5.32 Å². The van der Waals surface area contributed by atoms with E-state index in [2.05, 4.69) is 5.32 Å². The van der Waals surface area contributed by atoms with E-state index in [1.807, 2.05) is 0 Å². The van der Waals surface area contributed by atoms with E-state index in [0.717, 1.165) is 0 Å². The molecule has 2 rings (SSSR count). The number of aldehydes is 1. The van der Waals surface area contributed by atoms with Crippen LogP contribution in [0, 0.1) is 0 Å². The Hall–Kier alpha value is -3.15. The van der Waals surface area contributed by atoms with Crippen molar-refractivity contribution in [3.05, 3.63) is 59.7 Å². The van der Waals surface area contributed by atoms with Gasteiger partial charge in [-0.1, -0.05) is 12.1 Å². The van der Waals surface area contributed by atoms with Gasteiger partial charge in [0, 0.05) is 16.8 Å². The highest BCUT2D eigenvalue weighted by Crippen LogP contribution is 2.15. The van der Waals surface area contributed by atoms with Gasteiger partial charge in [0.25, 0.3) is 5.91 Å². The molecule has 1 atom stereocenters. The molecule has 2 aromatic carbocycles. The molecule has 0 saturated carbocycles. The number of hydrogen-bond acceptors (Lipinski definition) is 4. The van der Waals surface area contributed by atoms with Crippen molar-refractivity contribution in [1.82, 2.24) is 0 Å². The zero-order valence-corrected chi connectivity index (χ0v) is 12.5. The van der Waals surface area contributed by atoms with E-state index in [9.17, 15) is 14.4 Å². The predicted molar refractivity (Wildman–Crippen MR) is 85.5 cm³/mol. The summed E-state index contributed by atoms with van der Waals surface area (Å²) >= 11 is 0. The van der Waals surface area contributed by atoms with E-state index in [0.29, 0.717) is 28.8 Å². The lowest BCUT2D eigenvalue weighted by atomic mass is 10.2. The molecule has 6 heteroatoms. The minimum absolute atomic E-state index is 0.353. The van der Waals surface area contributed by atoms with Crippen molar-refractivity contribution in [3.63, 3.8) is 0 Å². The molecule has 6 nitrogen and oxygen atoms in total. The zero-order valence-electron chi connectivity index (χ0n) is 12.5. The topological polar surface area (TPSA) is 98.5 Å². The summed E-state index contributed by atoms with van der Waals surface area (Å²) in [5.41, 5.74) is 6.51. The number of carbonyl (C=O) groups excluding carboxylic acids is 3. The second-order valence-corrected chi connectivity index (χ2v) is 4.88. The predicted octanol–water partition coefficient (Wildman–Crippen LogP) is 2.00. The van der Waals surface area contributed by atoms with Gasteiger partial charge in [0.1, 0.15) is 12.0 Å². The second kappa shape index (κ2) is 7.22. The number of carbonyl (C=O) groups is 3. The molecule has 0 fully saturated rings. The average molecular weight is 312 g/mol. The van der Waals surface area contributed by atoms with E-state index in [4.69, 9.17) is 10.5 Å². The smallest absolute Gasteiger partial charge is 0.265 e. The van der Waals surface area contributed by atoms with Crippen LogP contribution >= 0.6 is 0 Å². The molecule has 0 radical (unpaired) electrons. The molecule has 0 aliphatic carbocycles. The van der Waals surface area contributed by atoms with Crippen molar-refractivity contribution in [2.45, 2.75) is 13.0 Å². The summed E-state index contributed by atoms with van der Waals surface area (Å²) in [5.74, 6) is -0.454. The average Bonchev–Trinajstić information content (AvgIpc) is 2.55. The van der Waals surface area contributed by atoms with Crippen molar-refractivity contribution in [3.8, 4) is 5.75 Å². The summed E-state index contributed by atoms with van der Waals surface area (Å²) in [4.78, 5) is 33.8. The largest absolute Gasteiger partial charge is 0.481 e. The third-order valence-corrected chi connectivity index (χ3v) is 3.11. The van der Waals surface area contributed by atoms with Crippen LogP contribution in [0.1, 0.15) is 27.6 Å². The van der Waals surface area contributed by atoms with E-state index in [-0.39, 0.29) is 5.91 Å². The van der Waals surface area contributed by atoms with Crippen molar-refractivity contribution < 1.29 is 19.1 Å². The van der Waals surface area contributed by atoms with Crippen LogP contribution in [-0.2, 0) is 4.79 Å². The number of primary amides is 1. The molecule has 2 amide bonds. The van der Waals surface area contributed by atoms with Crippen LogP contribution in [0.25, 0.3) is 0 Å². The zero-order chi connectivity index (χ0) is 16.8. The summed E-state index contributed by atoms with van der Waals surface area (Å²) in [6.45, 7) is 1.60. The summed E-state index contributed by atoms with van der Waals surface area (Å²) in [6.07, 6.45) is -0.0505. The highest BCUT2D eigenvalue weighted by molar-refractivity contribution is 5.96. The van der Waals surface area contributed by atoms with Gasteiger partial charge in [0.15, 0.2) is 6.10 Å². The van der Waals surface area contributed by atoms with Gasteiger partial charge in [-0.2, -0.15) is 0 Å². The monoisotopic (exact) mass is 312 g/mol. The second-order valence-electron chi connectivity index (χ2n) is 4.88. The summed E-state index contributed by atoms with van der Waals surface area (Å²) < 4.78 is 5.51. The lowest BCUT2D eigenvalue weighted by molar-refractivity contribution is -0.122. The minimum Gasteiger partial charge on any atom is -0.481 e. The summed E-state index contributed by atoms with van der Waals surface area (Å²) in [5, 5.41) is 2.67. The molecule has 3 N–H and O–H groups in total. The lowest BCUT2D eigenvalue weighted by Gasteiger charge is -2.15. The summed E-state index contributed by atoms with van der Waals surface area (Å²) in [7, 11) is 0. The number of rotatable bonds is 6. The molecule has 118 valence electrons. The fourth-order valence-electron chi connectivity index (χ4n) is 1.88. The van der Waals surface area contributed by atoms with Gasteiger partial charge in [-0.05, 0) is 43.3 Å². The molecule has 0 aromatic heterocycles. The third-order valence-electron chi connectivity index (χ3n) is 3.11. The molecule has 0 aliphatic rings. The number of nitrogens with one attached hydrogen (secondary N) is 1. The minimum atomic E-state index is -0.757. The van der Waals surface area contributed by atoms with Crippen LogP contribution in [0.4, 0.5) is 5.69 Å². The highest BCUT2D eigenvalue weighted by atomic mass is 16.5. The van der Waals surface area contributed by atoms with E-state index in [1.54, 1.807) is 43.3 Å². The first-order chi connectivity index (χ1) is 11.0. The van der Waals surface area contributed by atoms with Gasteiger partial charge in [-0.25, -0.2) is 0 Å². The molecule has 0 spiro atoms. The van der Waals surface area contributed by atoms with Crippen LogP contribution in [0.3, 0.4) is 0 Å². The normalized spacial score (nSPS) is 11.3. The molecule has 0 aliphatic heterocycles. The SMILES string of the molecule is CC(Oc1cccc(C=O)c1)C(=O)Nc1ccc(C(N)=O)cc1. The number of amides is 2. The van der Waals surface area contributed by atoms with Crippen LogP contribution in [0.15, 0.2) is 48.5 Å². The van der Waals surface area contributed by atoms with Gasteiger partial charge in [-0.3, -0.25) is 14.4 Å². The maximum absolute atomic E-state index is 12.1. The first-order valence-electron chi connectivity index (χ1n) is 6.92. The van der Waals surface area contributed by atoms with Crippen molar-refractivity contribution in [1.29, 1.82) is 0 Å². The standard InChI is InChI=1S/C17H16N2O4/c1-11(23-15-4-2-3-12(9-15)10-20)17(22)19-14-7-5-13(6-8-14)16(18)21/h2-11H,1H3,(H2,18,21)(H,19,22). The number of anilines is 1. The Balaban J connectivity index is 1.99. The van der Waals surface area contributed by atoms with Gasteiger partial charge >= 0.3 is 0 Å². The van der Waals surface area contributed by atoms with Gasteiger partial charge < -0.3 is 15.8 Å². The third kappa shape index (κ3) is 4.41. The van der Waals surface area contributed by atoms with Crippen molar-refractivity contribution in [2.24, 2.45) is 5.73 Å². The molecule has 23 heavy (non-hydrogen) atoms. The summed E-state index contributed by atoms with van der Waals surface area (Å²) in [6, 6.07) is 12.7. The number of benzene rings is 2. The fraction of sp³-hybridized carbons (Fsp3) is 0.118. The molecule has 1 unspecified atom stereocenters. The Morgan fingerprint density at radius 3 is 2.48 bits per heavy atom. The molecular formula is C17H16N2O4. The first-order valence-corrected chi connectivity index (χ1v) is 6.92. The first kappa shape index (κ1) is 16.2. The van der Waals surface area contributed by atoms with Crippen LogP contribution in [-0.4, -0.2) is 24.2 Å².